The number of hydrogen-bond acceptors (Lipinski definition) is 4. The number of benzene rings is 6. The van der Waals surface area contributed by atoms with Crippen LogP contribution >= 0.6 is 41.7 Å². The molecule has 0 aromatic heterocycles. The lowest BCUT2D eigenvalue weighted by molar-refractivity contribution is -0.114. The predicted molar refractivity (Wildman–Crippen MR) is 231 cm³/mol. The number of hydrogen-bond donors (Lipinski definition) is 2. The average Bonchev–Trinajstić information content (AvgIpc) is 3.06. The summed E-state index contributed by atoms with van der Waals surface area (Å²) in [4.78, 5) is 21.8. The molecule has 4 nitrogen and oxygen atoms in total. The number of Topliss-reactive ketones (excluding diaryl/α,β-unsaturated/α-hetero) is 1. The molecule has 0 heterocycles. The normalized spacial score (nSPS) is 10.0. The summed E-state index contributed by atoms with van der Waals surface area (Å²) in [5.41, 5.74) is 6.12. The van der Waals surface area contributed by atoms with Gasteiger partial charge in [-0.25, -0.2) is 30.1 Å². The van der Waals surface area contributed by atoms with Crippen molar-refractivity contribution in [3.8, 4) is 11.5 Å². The van der Waals surface area contributed by atoms with E-state index in [-0.39, 0.29) is 43.2 Å². The van der Waals surface area contributed by atoms with Crippen molar-refractivity contribution in [3.63, 3.8) is 0 Å². The zero-order chi connectivity index (χ0) is 38.4. The Morgan fingerprint density at radius 2 is 0.827 bits per heavy atom. The summed E-state index contributed by atoms with van der Waals surface area (Å²) < 4.78 is 0. The maximum Gasteiger partial charge on any atom is 0.643 e. The monoisotopic (exact) mass is 799 g/mol. The molecule has 0 spiro atoms. The second kappa shape index (κ2) is 22.7. The van der Waals surface area contributed by atoms with E-state index in [0.29, 0.717) is 0 Å². The molecule has 0 amide bonds. The quantitative estimate of drug-likeness (QED) is 0.0809. The van der Waals surface area contributed by atoms with Gasteiger partial charge in [0.15, 0.2) is 17.3 Å². The molecular formula is C43H51AlCl4O4. The number of halogens is 4. The average molecular weight is 802 g/mol. The molecule has 0 saturated carbocycles. The Morgan fingerprint density at radius 3 is 1.13 bits per heavy atom. The highest BCUT2D eigenvalue weighted by Crippen LogP contribution is 2.29. The maximum atomic E-state index is 11.9. The Labute approximate surface area is 332 Å². The van der Waals surface area contributed by atoms with Gasteiger partial charge in [-0.1, -0.05) is 120 Å². The van der Waals surface area contributed by atoms with Crippen LogP contribution in [0.3, 0.4) is 0 Å². The van der Waals surface area contributed by atoms with E-state index in [1.807, 2.05) is 56.3 Å². The van der Waals surface area contributed by atoms with E-state index in [2.05, 4.69) is 76.2 Å². The molecule has 2 N–H and O–H groups in total. The van der Waals surface area contributed by atoms with E-state index in [1.165, 1.54) is 38.4 Å². The fourth-order valence-corrected chi connectivity index (χ4v) is 4.70. The van der Waals surface area contributed by atoms with Gasteiger partial charge in [-0.05, 0) is 112 Å². The fraction of sp³-hybridized carbons (Fsp3) is 0.256. The molecule has 6 aromatic carbocycles. The van der Waals surface area contributed by atoms with Crippen LogP contribution in [0.25, 0.3) is 32.3 Å². The minimum atomic E-state index is -1.72. The van der Waals surface area contributed by atoms with Crippen LogP contribution < -0.4 is 0 Å². The number of ketones is 1. The molecule has 0 aliphatic carbocycles. The standard InChI is InChI=1S/C16H18O.C12H12.C10H8O2.C4H7ClO.CH4.Al.3ClH.H2/c1-10(2)16(17)14-6-5-13-7-11(3)12(4)8-15(13)9-14;1-9-7-11-5-3-4-6-12(11)8-10(9)2;11-9-5-7-3-1-2-4-8(7)6-10(9)12;1-3(2)4(5)6;;;;;;/h5-10H,1-4H3;3-8H,1-2H3;1-6,11-12H;3H,1-2H3;1H4;;4*1H/q;;;;;+3;;;;/p-3/i;;;;;;;;;1+1. The predicted octanol–water partition coefficient (Wildman–Crippen LogP) is 14.0. The van der Waals surface area contributed by atoms with E-state index < -0.39 is 11.4 Å². The summed E-state index contributed by atoms with van der Waals surface area (Å²) >= 11 is 3.25. The molecule has 0 saturated heterocycles. The Bertz CT molecular complexity index is 1920. The first-order valence-corrected chi connectivity index (χ1v) is 22.1. The Hall–Kier alpha value is -3.27. The van der Waals surface area contributed by atoms with Gasteiger partial charge in [0.1, 0.15) is 0 Å². The van der Waals surface area contributed by atoms with Gasteiger partial charge in [0.2, 0.25) is 5.24 Å². The van der Waals surface area contributed by atoms with Crippen molar-refractivity contribution >= 4 is 96.5 Å². The molecule has 0 unspecified atom stereocenters. The van der Waals surface area contributed by atoms with E-state index in [9.17, 15) is 9.59 Å². The molecule has 6 rings (SSSR count). The lowest BCUT2D eigenvalue weighted by Crippen LogP contribution is -2.06. The van der Waals surface area contributed by atoms with Gasteiger partial charge in [0.05, 0.1) is 0 Å². The maximum absolute atomic E-state index is 11.9. The molecular weight excluding hydrogens is 749 g/mol. The molecule has 0 aliphatic rings. The highest BCUT2D eigenvalue weighted by molar-refractivity contribution is 7.54. The van der Waals surface area contributed by atoms with Crippen LogP contribution in [0.1, 0.15) is 69.2 Å². The van der Waals surface area contributed by atoms with Crippen molar-refractivity contribution in [1.29, 1.82) is 0 Å². The highest BCUT2D eigenvalue weighted by atomic mass is 35.8. The fourth-order valence-electron chi connectivity index (χ4n) is 4.70. The van der Waals surface area contributed by atoms with Gasteiger partial charge in [-0.3, -0.25) is 9.59 Å². The summed E-state index contributed by atoms with van der Waals surface area (Å²) in [5, 5.41) is 24.9. The first kappa shape index (κ1) is 46.8. The van der Waals surface area contributed by atoms with Gasteiger partial charge in [0, 0.05) is 18.8 Å². The van der Waals surface area contributed by atoms with Crippen LogP contribution in [0.15, 0.2) is 103 Å². The summed E-state index contributed by atoms with van der Waals surface area (Å²) in [6.07, 6.45) is 0. The second-order valence-electron chi connectivity index (χ2n) is 12.7. The Balaban J connectivity index is 0.000000677. The van der Waals surface area contributed by atoms with Gasteiger partial charge in [0.25, 0.3) is 0 Å². The van der Waals surface area contributed by atoms with Crippen LogP contribution in [0.2, 0.25) is 0 Å². The third-order valence-electron chi connectivity index (χ3n) is 7.92. The summed E-state index contributed by atoms with van der Waals surface area (Å²) in [6.45, 7) is 15.9. The molecule has 0 bridgehead atoms. The summed E-state index contributed by atoms with van der Waals surface area (Å²) in [7, 11) is 14.8. The van der Waals surface area contributed by atoms with Crippen LogP contribution in [0.4, 0.5) is 0 Å². The molecule has 0 atom stereocenters. The van der Waals surface area contributed by atoms with Crippen LogP contribution in [-0.4, -0.2) is 32.6 Å². The number of carbonyl (C=O) groups is 2. The molecule has 6 aromatic rings. The molecule has 0 radical (unpaired) electrons. The van der Waals surface area contributed by atoms with Crippen molar-refractivity contribution in [2.45, 2.75) is 62.8 Å². The van der Waals surface area contributed by atoms with Crippen LogP contribution in [0.5, 0.6) is 11.5 Å². The summed E-state index contributed by atoms with van der Waals surface area (Å²) in [6, 6.07) is 33.9. The molecule has 278 valence electrons. The lowest BCUT2D eigenvalue weighted by Gasteiger charge is -2.08. The Morgan fingerprint density at radius 1 is 0.538 bits per heavy atom. The van der Waals surface area contributed by atoms with E-state index >= 15 is 0 Å². The van der Waals surface area contributed by atoms with E-state index in [4.69, 9.17) is 52.0 Å². The van der Waals surface area contributed by atoms with Crippen molar-refractivity contribution in [1.82, 2.24) is 0 Å². The summed E-state index contributed by atoms with van der Waals surface area (Å²) in [5.74, 6) is 0.0955. The van der Waals surface area contributed by atoms with E-state index in [1.54, 1.807) is 26.0 Å². The zero-order valence-corrected chi connectivity index (χ0v) is 34.4. The van der Waals surface area contributed by atoms with Crippen molar-refractivity contribution in [3.05, 3.63) is 131 Å². The molecule has 0 fully saturated rings. The molecule has 52 heavy (non-hydrogen) atoms. The largest absolute Gasteiger partial charge is 0.643 e. The highest BCUT2D eigenvalue weighted by Gasteiger charge is 2.11. The smallest absolute Gasteiger partial charge is 0.504 e. The first-order valence-electron chi connectivity index (χ1n) is 16.4. The van der Waals surface area contributed by atoms with Crippen molar-refractivity contribution in [2.75, 3.05) is 0 Å². The zero-order valence-electron chi connectivity index (χ0n) is 30.3. The van der Waals surface area contributed by atoms with Gasteiger partial charge >= 0.3 is 11.4 Å². The van der Waals surface area contributed by atoms with E-state index in [0.717, 1.165) is 21.7 Å². The van der Waals surface area contributed by atoms with Gasteiger partial charge < -0.3 is 10.2 Å². The number of phenolic OH excluding ortho intramolecular Hbond substituents is 2. The third-order valence-corrected chi connectivity index (χ3v) is 8.36. The van der Waals surface area contributed by atoms with Crippen LogP contribution in [0, 0.1) is 39.5 Å². The number of phenols is 2. The topological polar surface area (TPSA) is 74.6 Å². The van der Waals surface area contributed by atoms with Crippen molar-refractivity contribution in [2.24, 2.45) is 11.8 Å². The number of aromatic hydroxyl groups is 2. The number of aryl methyl sites for hydroxylation is 4. The molecule has 0 aliphatic heterocycles. The SMILES string of the molecule is C.CC(C)C(=O)Cl.Cc1cc2ccc(C(=O)C(C)C)cc2cc1C.Cc1cc2ccccc2cc1C.Oc1cc2ccccc2cc1O.[2HH].[Cl][Al]([Cl])[Cl]. The third kappa shape index (κ3) is 15.4. The number of rotatable bonds is 3. The number of fused-ring (bicyclic) bond motifs is 3. The Kier molecular flexibility index (Phi) is 20.4. The van der Waals surface area contributed by atoms with Gasteiger partial charge in [-0.2, -0.15) is 0 Å². The second-order valence-corrected chi connectivity index (χ2v) is 19.5. The lowest BCUT2D eigenvalue weighted by atomic mass is 9.96. The molecule has 9 heteroatoms. The number of carbonyl (C=O) groups excluding carboxylic acids is 2. The van der Waals surface area contributed by atoms with Crippen molar-refractivity contribution < 1.29 is 21.2 Å². The minimum Gasteiger partial charge on any atom is -0.504 e. The van der Waals surface area contributed by atoms with Gasteiger partial charge in [-0.15, -0.1) is 0 Å². The van der Waals surface area contributed by atoms with Crippen LogP contribution in [-0.2, 0) is 4.79 Å². The minimum absolute atomic E-state index is 0. The first-order chi connectivity index (χ1) is 23.9.